The van der Waals surface area contributed by atoms with Gasteiger partial charge in [-0.2, -0.15) is 0 Å². The van der Waals surface area contributed by atoms with E-state index in [9.17, 15) is 4.79 Å². The fraction of sp³-hybridized carbons (Fsp3) is 0.929. The molecule has 0 atom stereocenters. The molecule has 2 aliphatic carbocycles. The fourth-order valence-corrected chi connectivity index (χ4v) is 3.18. The first-order valence-corrected chi connectivity index (χ1v) is 7.31. The van der Waals surface area contributed by atoms with Crippen LogP contribution < -0.4 is 5.73 Å². The van der Waals surface area contributed by atoms with Gasteiger partial charge < -0.3 is 15.7 Å². The number of carbonyl (C=O) groups excluding carboxylic acids is 1. The van der Waals surface area contributed by atoms with Crippen molar-refractivity contribution in [1.29, 1.82) is 0 Å². The Bertz CT molecular complexity index is 284. The molecular weight excluding hydrogens is 228 g/mol. The van der Waals surface area contributed by atoms with Crippen LogP contribution >= 0.6 is 0 Å². The number of nitrogens with zero attached hydrogens (tertiary/aromatic N) is 1. The molecule has 4 nitrogen and oxygen atoms in total. The Labute approximate surface area is 110 Å². The Balaban J connectivity index is 1.94. The molecule has 4 heteroatoms. The molecule has 18 heavy (non-hydrogen) atoms. The molecule has 0 radical (unpaired) electrons. The van der Waals surface area contributed by atoms with Crippen LogP contribution in [0, 0.1) is 5.41 Å². The molecule has 2 aliphatic rings. The number of amides is 1. The van der Waals surface area contributed by atoms with Crippen molar-refractivity contribution in [1.82, 2.24) is 4.90 Å². The van der Waals surface area contributed by atoms with E-state index in [1.54, 1.807) is 0 Å². The first kappa shape index (κ1) is 13.8. The van der Waals surface area contributed by atoms with Crippen LogP contribution in [-0.2, 0) is 4.79 Å². The molecule has 0 unspecified atom stereocenters. The van der Waals surface area contributed by atoms with Crippen molar-refractivity contribution in [2.75, 3.05) is 19.7 Å². The Morgan fingerprint density at radius 3 is 2.44 bits per heavy atom. The summed E-state index contributed by atoms with van der Waals surface area (Å²) in [5, 5.41) is 9.07. The monoisotopic (exact) mass is 254 g/mol. The van der Waals surface area contributed by atoms with Crippen LogP contribution in [0.3, 0.4) is 0 Å². The van der Waals surface area contributed by atoms with Gasteiger partial charge in [0.1, 0.15) is 0 Å². The highest BCUT2D eigenvalue weighted by atomic mass is 16.3. The van der Waals surface area contributed by atoms with E-state index in [2.05, 4.69) is 0 Å². The van der Waals surface area contributed by atoms with Crippen LogP contribution in [0.4, 0.5) is 0 Å². The van der Waals surface area contributed by atoms with E-state index in [0.29, 0.717) is 25.6 Å². The van der Waals surface area contributed by atoms with Crippen LogP contribution in [0.15, 0.2) is 0 Å². The van der Waals surface area contributed by atoms with E-state index < -0.39 is 0 Å². The molecule has 104 valence electrons. The molecule has 0 aromatic carbocycles. The molecule has 0 aromatic heterocycles. The minimum atomic E-state index is 0.0396. The van der Waals surface area contributed by atoms with Gasteiger partial charge in [0.15, 0.2) is 0 Å². The molecule has 1 amide bonds. The van der Waals surface area contributed by atoms with Crippen molar-refractivity contribution in [3.05, 3.63) is 0 Å². The quantitative estimate of drug-likeness (QED) is 0.750. The smallest absolute Gasteiger partial charge is 0.223 e. The maximum absolute atomic E-state index is 12.4. The summed E-state index contributed by atoms with van der Waals surface area (Å²) in [5.74, 6) is 0.207. The van der Waals surface area contributed by atoms with Crippen LogP contribution in [0.2, 0.25) is 0 Å². The largest absolute Gasteiger partial charge is 0.395 e. The highest BCUT2D eigenvalue weighted by Crippen LogP contribution is 2.39. The summed E-state index contributed by atoms with van der Waals surface area (Å²) in [7, 11) is 0. The SMILES string of the molecule is NCC1(CC(=O)N(CCO)C2CC2)CCCCC1. The Morgan fingerprint density at radius 1 is 1.28 bits per heavy atom. The van der Waals surface area contributed by atoms with Crippen molar-refractivity contribution in [2.45, 2.75) is 57.4 Å². The number of aliphatic hydroxyl groups is 1. The lowest BCUT2D eigenvalue weighted by Crippen LogP contribution is -2.42. The van der Waals surface area contributed by atoms with E-state index in [1.165, 1.54) is 19.3 Å². The van der Waals surface area contributed by atoms with Crippen LogP contribution in [0.1, 0.15) is 51.4 Å². The Kier molecular flexibility index (Phi) is 4.62. The van der Waals surface area contributed by atoms with Gasteiger partial charge in [-0.3, -0.25) is 4.79 Å². The summed E-state index contributed by atoms with van der Waals surface area (Å²) >= 11 is 0. The van der Waals surface area contributed by atoms with Gasteiger partial charge in [-0.15, -0.1) is 0 Å². The third-order valence-corrected chi connectivity index (χ3v) is 4.52. The molecule has 2 fully saturated rings. The molecule has 2 rings (SSSR count). The Hall–Kier alpha value is -0.610. The summed E-state index contributed by atoms with van der Waals surface area (Å²) in [5.41, 5.74) is 5.97. The van der Waals surface area contributed by atoms with Gasteiger partial charge >= 0.3 is 0 Å². The lowest BCUT2D eigenvalue weighted by molar-refractivity contribution is -0.135. The second-order valence-electron chi connectivity index (χ2n) is 5.98. The first-order valence-electron chi connectivity index (χ1n) is 7.31. The van der Waals surface area contributed by atoms with E-state index in [1.807, 2.05) is 4.90 Å². The minimum absolute atomic E-state index is 0.0396. The molecule has 0 bridgehead atoms. The summed E-state index contributed by atoms with van der Waals surface area (Å²) in [6.07, 6.45) is 8.64. The second kappa shape index (κ2) is 6.02. The summed E-state index contributed by atoms with van der Waals surface area (Å²) in [4.78, 5) is 14.3. The molecule has 0 aliphatic heterocycles. The number of carbonyl (C=O) groups is 1. The van der Waals surface area contributed by atoms with E-state index >= 15 is 0 Å². The number of hydrogen-bond donors (Lipinski definition) is 2. The van der Waals surface area contributed by atoms with Crippen molar-refractivity contribution in [3.8, 4) is 0 Å². The average molecular weight is 254 g/mol. The third kappa shape index (κ3) is 3.23. The van der Waals surface area contributed by atoms with Crippen LogP contribution in [0.5, 0.6) is 0 Å². The zero-order chi connectivity index (χ0) is 13.0. The molecule has 3 N–H and O–H groups in total. The topological polar surface area (TPSA) is 66.6 Å². The van der Waals surface area contributed by atoms with E-state index in [4.69, 9.17) is 10.8 Å². The molecule has 0 aromatic rings. The third-order valence-electron chi connectivity index (χ3n) is 4.52. The second-order valence-corrected chi connectivity index (χ2v) is 5.98. The van der Waals surface area contributed by atoms with Crippen LogP contribution in [0.25, 0.3) is 0 Å². The molecular formula is C14H26N2O2. The highest BCUT2D eigenvalue weighted by Gasteiger charge is 2.38. The van der Waals surface area contributed by atoms with Crippen molar-refractivity contribution in [3.63, 3.8) is 0 Å². The summed E-state index contributed by atoms with van der Waals surface area (Å²) in [6, 6.07) is 0.392. The van der Waals surface area contributed by atoms with Gasteiger partial charge in [-0.1, -0.05) is 19.3 Å². The van der Waals surface area contributed by atoms with E-state index in [-0.39, 0.29) is 17.9 Å². The molecule has 0 saturated heterocycles. The van der Waals surface area contributed by atoms with Gasteiger partial charge in [0, 0.05) is 19.0 Å². The number of rotatable bonds is 6. The van der Waals surface area contributed by atoms with Crippen LogP contribution in [-0.4, -0.2) is 41.7 Å². The Morgan fingerprint density at radius 2 is 1.94 bits per heavy atom. The van der Waals surface area contributed by atoms with Gasteiger partial charge in [0.2, 0.25) is 5.91 Å². The van der Waals surface area contributed by atoms with E-state index in [0.717, 1.165) is 25.7 Å². The predicted octanol–water partition coefficient (Wildman–Crippen LogP) is 1.27. The fourth-order valence-electron chi connectivity index (χ4n) is 3.18. The van der Waals surface area contributed by atoms with Gasteiger partial charge in [-0.25, -0.2) is 0 Å². The van der Waals surface area contributed by atoms with Crippen molar-refractivity contribution < 1.29 is 9.90 Å². The molecule has 0 heterocycles. The van der Waals surface area contributed by atoms with Crippen molar-refractivity contribution >= 4 is 5.91 Å². The van der Waals surface area contributed by atoms with Gasteiger partial charge in [0.05, 0.1) is 6.61 Å². The minimum Gasteiger partial charge on any atom is -0.395 e. The maximum Gasteiger partial charge on any atom is 0.223 e. The first-order chi connectivity index (χ1) is 8.71. The molecule has 0 spiro atoms. The lowest BCUT2D eigenvalue weighted by Gasteiger charge is -2.37. The van der Waals surface area contributed by atoms with Crippen molar-refractivity contribution in [2.24, 2.45) is 11.1 Å². The van der Waals surface area contributed by atoms with Gasteiger partial charge in [0.25, 0.3) is 0 Å². The number of aliphatic hydroxyl groups excluding tert-OH is 1. The standard InChI is InChI=1S/C14H26N2O2/c15-11-14(6-2-1-3-7-14)10-13(18)16(8-9-17)12-4-5-12/h12,17H,1-11,15H2. The maximum atomic E-state index is 12.4. The highest BCUT2D eigenvalue weighted by molar-refractivity contribution is 5.77. The number of nitrogens with two attached hydrogens (primary N) is 1. The summed E-state index contributed by atoms with van der Waals surface area (Å²) < 4.78 is 0. The predicted molar refractivity (Wildman–Crippen MR) is 71.0 cm³/mol. The normalized spacial score (nSPS) is 22.8. The van der Waals surface area contributed by atoms with Gasteiger partial charge in [-0.05, 0) is 37.6 Å². The summed E-state index contributed by atoms with van der Waals surface area (Å²) in [6.45, 7) is 1.18. The zero-order valence-electron chi connectivity index (χ0n) is 11.2. The number of hydrogen-bond acceptors (Lipinski definition) is 3. The lowest BCUT2D eigenvalue weighted by atomic mass is 9.71. The zero-order valence-corrected chi connectivity index (χ0v) is 11.2. The molecule has 2 saturated carbocycles. The average Bonchev–Trinajstić information content (AvgIpc) is 3.21.